The van der Waals surface area contributed by atoms with E-state index in [4.69, 9.17) is 16.3 Å². The van der Waals surface area contributed by atoms with E-state index in [9.17, 15) is 4.39 Å². The molecule has 0 amide bonds. The molecule has 108 valence electrons. The lowest BCUT2D eigenvalue weighted by molar-refractivity contribution is 0.0614. The molecular weight excluding hydrogens is 394 g/mol. The van der Waals surface area contributed by atoms with Gasteiger partial charge in [-0.1, -0.05) is 0 Å². The predicted molar refractivity (Wildman–Crippen MR) is 85.5 cm³/mol. The lowest BCUT2D eigenvalue weighted by Crippen LogP contribution is -2.21. The summed E-state index contributed by atoms with van der Waals surface area (Å²) in [5.41, 5.74) is 1.66. The molecule has 0 unspecified atom stereocenters. The van der Waals surface area contributed by atoms with Gasteiger partial charge in [0, 0.05) is 25.8 Å². The maximum Gasteiger partial charge on any atom is 0.138 e. The number of rotatable bonds is 3. The van der Waals surface area contributed by atoms with E-state index < -0.39 is 0 Å². The molecule has 1 aromatic heterocycles. The summed E-state index contributed by atoms with van der Waals surface area (Å²) in [6.45, 7) is 2.45. The van der Waals surface area contributed by atoms with Crippen molar-refractivity contribution in [3.8, 4) is 0 Å². The van der Waals surface area contributed by atoms with Crippen LogP contribution < -0.4 is 0 Å². The third kappa shape index (κ3) is 2.80. The first-order valence-electron chi connectivity index (χ1n) is 6.67. The van der Waals surface area contributed by atoms with Crippen LogP contribution in [0.1, 0.15) is 18.7 Å². The van der Waals surface area contributed by atoms with Crippen LogP contribution in [0.25, 0.3) is 11.0 Å². The molecule has 3 rings (SSSR count). The fourth-order valence-electron chi connectivity index (χ4n) is 2.66. The van der Waals surface area contributed by atoms with Gasteiger partial charge in [-0.15, -0.1) is 11.6 Å². The average Bonchev–Trinajstić information content (AvgIpc) is 2.78. The van der Waals surface area contributed by atoms with Crippen molar-refractivity contribution in [2.75, 3.05) is 13.2 Å². The van der Waals surface area contributed by atoms with Crippen LogP contribution in [0, 0.1) is 15.3 Å². The second-order valence-corrected chi connectivity index (χ2v) is 6.51. The van der Waals surface area contributed by atoms with Crippen molar-refractivity contribution < 1.29 is 9.13 Å². The Bertz CT molecular complexity index is 625. The van der Waals surface area contributed by atoms with Crippen LogP contribution in [0.5, 0.6) is 0 Å². The summed E-state index contributed by atoms with van der Waals surface area (Å²) in [5, 5.41) is 0. The Kier molecular flexibility index (Phi) is 4.47. The van der Waals surface area contributed by atoms with Crippen LogP contribution in [0.15, 0.2) is 12.1 Å². The van der Waals surface area contributed by atoms with Crippen molar-refractivity contribution in [3.05, 3.63) is 27.3 Å². The number of fused-ring (bicyclic) bond motifs is 1. The number of halogens is 3. The molecule has 0 bridgehead atoms. The van der Waals surface area contributed by atoms with E-state index in [-0.39, 0.29) is 5.82 Å². The first kappa shape index (κ1) is 14.5. The van der Waals surface area contributed by atoms with Gasteiger partial charge in [-0.2, -0.15) is 0 Å². The number of hydrogen-bond acceptors (Lipinski definition) is 2. The lowest BCUT2D eigenvalue weighted by atomic mass is 10.0. The molecule has 1 aliphatic rings. The van der Waals surface area contributed by atoms with E-state index >= 15 is 0 Å². The number of ether oxygens (including phenoxy) is 1. The Labute approximate surface area is 135 Å². The molecule has 0 N–H and O–H groups in total. The number of imidazole rings is 1. The van der Waals surface area contributed by atoms with Crippen molar-refractivity contribution in [2.45, 2.75) is 25.3 Å². The third-order valence-electron chi connectivity index (χ3n) is 3.77. The fraction of sp³-hybridized carbons (Fsp3) is 0.500. The van der Waals surface area contributed by atoms with Gasteiger partial charge in [0.2, 0.25) is 0 Å². The number of benzene rings is 1. The summed E-state index contributed by atoms with van der Waals surface area (Å²) in [7, 11) is 0. The lowest BCUT2D eigenvalue weighted by Gasteiger charge is -2.23. The zero-order valence-corrected chi connectivity index (χ0v) is 13.8. The van der Waals surface area contributed by atoms with Gasteiger partial charge in [0.15, 0.2) is 0 Å². The van der Waals surface area contributed by atoms with Gasteiger partial charge >= 0.3 is 0 Å². The van der Waals surface area contributed by atoms with Crippen LogP contribution in [0.2, 0.25) is 0 Å². The van der Waals surface area contributed by atoms with Gasteiger partial charge in [-0.05, 0) is 47.4 Å². The number of nitrogens with zero attached hydrogens (tertiary/aromatic N) is 2. The highest BCUT2D eigenvalue weighted by Gasteiger charge is 2.19. The molecule has 1 aliphatic heterocycles. The highest BCUT2D eigenvalue weighted by molar-refractivity contribution is 14.1. The molecule has 1 saturated heterocycles. The van der Waals surface area contributed by atoms with Crippen LogP contribution in [-0.2, 0) is 17.2 Å². The molecule has 0 atom stereocenters. The van der Waals surface area contributed by atoms with Crippen molar-refractivity contribution in [1.82, 2.24) is 9.55 Å². The zero-order chi connectivity index (χ0) is 14.1. The molecule has 3 nitrogen and oxygen atoms in total. The first-order valence-corrected chi connectivity index (χ1v) is 8.28. The molecule has 2 heterocycles. The minimum atomic E-state index is -0.202. The molecule has 20 heavy (non-hydrogen) atoms. The van der Waals surface area contributed by atoms with Crippen molar-refractivity contribution >= 4 is 45.2 Å². The second-order valence-electron chi connectivity index (χ2n) is 5.08. The van der Waals surface area contributed by atoms with Crippen LogP contribution in [-0.4, -0.2) is 22.8 Å². The quantitative estimate of drug-likeness (QED) is 0.568. The molecule has 0 radical (unpaired) electrons. The number of hydrogen-bond donors (Lipinski definition) is 0. The number of aromatic nitrogens is 2. The Morgan fingerprint density at radius 1 is 1.40 bits per heavy atom. The maximum atomic E-state index is 13.8. The Morgan fingerprint density at radius 2 is 2.15 bits per heavy atom. The number of alkyl halides is 1. The van der Waals surface area contributed by atoms with E-state index in [1.54, 1.807) is 12.1 Å². The Balaban J connectivity index is 2.00. The summed E-state index contributed by atoms with van der Waals surface area (Å²) in [6.07, 6.45) is 2.07. The van der Waals surface area contributed by atoms with Gasteiger partial charge in [-0.25, -0.2) is 9.37 Å². The van der Waals surface area contributed by atoms with Crippen LogP contribution in [0.4, 0.5) is 4.39 Å². The molecule has 0 saturated carbocycles. The van der Waals surface area contributed by atoms with Gasteiger partial charge < -0.3 is 9.30 Å². The van der Waals surface area contributed by atoms with E-state index in [0.717, 1.165) is 49.5 Å². The normalized spacial score (nSPS) is 16.9. The largest absolute Gasteiger partial charge is 0.381 e. The fourth-order valence-corrected chi connectivity index (χ4v) is 3.32. The molecule has 1 fully saturated rings. The van der Waals surface area contributed by atoms with Gasteiger partial charge in [0.05, 0.1) is 20.5 Å². The summed E-state index contributed by atoms with van der Waals surface area (Å²) < 4.78 is 21.9. The van der Waals surface area contributed by atoms with Gasteiger partial charge in [-0.3, -0.25) is 0 Å². The Hall–Kier alpha value is -0.400. The van der Waals surface area contributed by atoms with Crippen molar-refractivity contribution in [3.63, 3.8) is 0 Å². The van der Waals surface area contributed by atoms with E-state index in [1.807, 2.05) is 22.6 Å². The minimum Gasteiger partial charge on any atom is -0.381 e. The predicted octanol–water partition coefficient (Wildman–Crippen LogP) is 3.95. The third-order valence-corrected chi connectivity index (χ3v) is 4.84. The van der Waals surface area contributed by atoms with Crippen LogP contribution in [0.3, 0.4) is 0 Å². The summed E-state index contributed by atoms with van der Waals surface area (Å²) in [6, 6.07) is 3.35. The Morgan fingerprint density at radius 3 is 2.85 bits per heavy atom. The standard InChI is InChI=1S/C14H15ClFIN2O/c15-7-14-18-12-6-11(17)10(16)5-13(12)19(14)8-9-1-3-20-4-2-9/h5-6,9H,1-4,7-8H2. The molecule has 2 aromatic rings. The van der Waals surface area contributed by atoms with Crippen molar-refractivity contribution in [1.29, 1.82) is 0 Å². The summed E-state index contributed by atoms with van der Waals surface area (Å²) >= 11 is 7.98. The highest BCUT2D eigenvalue weighted by atomic mass is 127. The minimum absolute atomic E-state index is 0.202. The summed E-state index contributed by atoms with van der Waals surface area (Å²) in [4.78, 5) is 4.53. The monoisotopic (exact) mass is 408 g/mol. The molecule has 6 heteroatoms. The van der Waals surface area contributed by atoms with Crippen LogP contribution >= 0.6 is 34.2 Å². The molecule has 0 aliphatic carbocycles. The highest BCUT2D eigenvalue weighted by Crippen LogP contribution is 2.26. The smallest absolute Gasteiger partial charge is 0.138 e. The van der Waals surface area contributed by atoms with E-state index in [1.165, 1.54) is 0 Å². The SMILES string of the molecule is Fc1cc2c(cc1I)nc(CCl)n2CC1CCOCC1. The van der Waals surface area contributed by atoms with Gasteiger partial charge in [0.25, 0.3) is 0 Å². The second kappa shape index (κ2) is 6.15. The molecular formula is C14H15ClFIN2O. The average molecular weight is 409 g/mol. The van der Waals surface area contributed by atoms with E-state index in [2.05, 4.69) is 9.55 Å². The molecule has 0 spiro atoms. The topological polar surface area (TPSA) is 27.1 Å². The van der Waals surface area contributed by atoms with Crippen molar-refractivity contribution in [2.24, 2.45) is 5.92 Å². The summed E-state index contributed by atoms with van der Waals surface area (Å²) in [5.74, 6) is 1.50. The maximum absolute atomic E-state index is 13.8. The van der Waals surface area contributed by atoms with E-state index in [0.29, 0.717) is 15.4 Å². The van der Waals surface area contributed by atoms with Gasteiger partial charge in [0.1, 0.15) is 11.6 Å². The molecule has 1 aromatic carbocycles. The zero-order valence-electron chi connectivity index (χ0n) is 10.9. The first-order chi connectivity index (χ1) is 9.69.